The monoisotopic (exact) mass is 421 g/mol. The van der Waals surface area contributed by atoms with E-state index in [0.29, 0.717) is 37.1 Å². The Labute approximate surface area is 175 Å². The minimum absolute atomic E-state index is 0.115. The molecule has 1 fully saturated rings. The maximum absolute atomic E-state index is 13.9. The van der Waals surface area contributed by atoms with Gasteiger partial charge in [-0.15, -0.1) is 0 Å². The summed E-state index contributed by atoms with van der Waals surface area (Å²) in [5, 5.41) is 9.98. The smallest absolute Gasteiger partial charge is 0.293 e. The number of benzene rings is 1. The van der Waals surface area contributed by atoms with Crippen LogP contribution in [0.25, 0.3) is 0 Å². The topological polar surface area (TPSA) is 71.0 Å². The molecular formula is C21H29ClFN5O. The number of piperidine rings is 1. The van der Waals surface area contributed by atoms with Crippen LogP contribution in [0.1, 0.15) is 36.9 Å². The Balaban J connectivity index is 1.51. The molecule has 1 atom stereocenters. The van der Waals surface area contributed by atoms with Crippen molar-refractivity contribution in [2.75, 3.05) is 25.0 Å². The van der Waals surface area contributed by atoms with Crippen LogP contribution in [0, 0.1) is 12.7 Å². The van der Waals surface area contributed by atoms with Crippen molar-refractivity contribution in [1.82, 2.24) is 20.2 Å². The van der Waals surface area contributed by atoms with Gasteiger partial charge < -0.3 is 20.5 Å². The van der Waals surface area contributed by atoms with Gasteiger partial charge in [-0.2, -0.15) is 0 Å². The van der Waals surface area contributed by atoms with Crippen LogP contribution in [-0.4, -0.2) is 35.2 Å². The second-order valence-corrected chi connectivity index (χ2v) is 7.86. The van der Waals surface area contributed by atoms with Crippen molar-refractivity contribution >= 4 is 17.4 Å². The van der Waals surface area contributed by atoms with Gasteiger partial charge in [0.25, 0.3) is 5.56 Å². The van der Waals surface area contributed by atoms with Crippen molar-refractivity contribution in [1.29, 1.82) is 0 Å². The first-order valence-corrected chi connectivity index (χ1v) is 10.6. The average Bonchev–Trinajstić information content (AvgIpc) is 2.73. The highest BCUT2D eigenvalue weighted by Gasteiger charge is 2.13. The van der Waals surface area contributed by atoms with Crippen LogP contribution in [0.4, 0.5) is 10.2 Å². The first-order valence-electron chi connectivity index (χ1n) is 10.2. The molecule has 1 saturated heterocycles. The molecule has 0 amide bonds. The van der Waals surface area contributed by atoms with Crippen molar-refractivity contribution in [3.05, 3.63) is 56.8 Å². The normalized spacial score (nSPS) is 16.7. The number of hydrogen-bond donors (Lipinski definition) is 3. The van der Waals surface area contributed by atoms with E-state index < -0.39 is 5.82 Å². The molecule has 3 rings (SSSR count). The standard InChI is InChI=1S/C21H29ClFN5O/c1-15-13-27-20(26-10-8-17-6-2-3-9-25-17)21(29)28(15)12-11-24-14-16-5-4-7-18(22)19(16)23/h4-5,7,13,17,24-25H,2-3,6,8-12,14H2,1H3,(H,26,27). The van der Waals surface area contributed by atoms with Gasteiger partial charge in [0.1, 0.15) is 5.82 Å². The van der Waals surface area contributed by atoms with Crippen LogP contribution in [0.2, 0.25) is 5.02 Å². The zero-order valence-corrected chi connectivity index (χ0v) is 17.6. The van der Waals surface area contributed by atoms with Crippen LogP contribution in [-0.2, 0) is 13.1 Å². The van der Waals surface area contributed by atoms with E-state index in [9.17, 15) is 9.18 Å². The molecule has 0 radical (unpaired) electrons. The zero-order chi connectivity index (χ0) is 20.6. The third-order valence-electron chi connectivity index (χ3n) is 5.31. The second kappa shape index (κ2) is 10.7. The van der Waals surface area contributed by atoms with Crippen LogP contribution in [0.3, 0.4) is 0 Å². The highest BCUT2D eigenvalue weighted by atomic mass is 35.5. The van der Waals surface area contributed by atoms with E-state index in [2.05, 4.69) is 20.9 Å². The fourth-order valence-corrected chi connectivity index (χ4v) is 3.80. The predicted molar refractivity (Wildman–Crippen MR) is 115 cm³/mol. The Bertz CT molecular complexity index is 867. The molecule has 158 valence electrons. The quantitative estimate of drug-likeness (QED) is 0.543. The first-order chi connectivity index (χ1) is 14.1. The third-order valence-corrected chi connectivity index (χ3v) is 5.60. The van der Waals surface area contributed by atoms with Crippen LogP contribution in [0.15, 0.2) is 29.2 Å². The summed E-state index contributed by atoms with van der Waals surface area (Å²) in [7, 11) is 0. The number of rotatable bonds is 9. The maximum atomic E-state index is 13.9. The van der Waals surface area contributed by atoms with Gasteiger partial charge in [0.2, 0.25) is 0 Å². The molecule has 1 aliphatic rings. The Morgan fingerprint density at radius 1 is 1.34 bits per heavy atom. The van der Waals surface area contributed by atoms with Gasteiger partial charge >= 0.3 is 0 Å². The molecule has 3 N–H and O–H groups in total. The molecule has 1 unspecified atom stereocenters. The van der Waals surface area contributed by atoms with Crippen molar-refractivity contribution in [2.24, 2.45) is 0 Å². The van der Waals surface area contributed by atoms with Gasteiger partial charge in [-0.3, -0.25) is 4.79 Å². The highest BCUT2D eigenvalue weighted by molar-refractivity contribution is 6.30. The van der Waals surface area contributed by atoms with Gasteiger partial charge in [0.05, 0.1) is 5.02 Å². The molecule has 1 aromatic carbocycles. The molecule has 0 spiro atoms. The summed E-state index contributed by atoms with van der Waals surface area (Å²) >= 11 is 5.81. The van der Waals surface area contributed by atoms with Gasteiger partial charge in [-0.25, -0.2) is 9.37 Å². The van der Waals surface area contributed by atoms with E-state index in [1.807, 2.05) is 6.92 Å². The van der Waals surface area contributed by atoms with Gasteiger partial charge in [0.15, 0.2) is 5.82 Å². The minimum Gasteiger partial charge on any atom is -0.365 e. The van der Waals surface area contributed by atoms with Crippen molar-refractivity contribution in [2.45, 2.75) is 51.7 Å². The number of halogens is 2. The molecule has 0 aliphatic carbocycles. The number of hydrogen-bond acceptors (Lipinski definition) is 5. The van der Waals surface area contributed by atoms with Gasteiger partial charge in [-0.05, 0) is 38.8 Å². The molecule has 1 aromatic heterocycles. The Morgan fingerprint density at radius 3 is 3.00 bits per heavy atom. The molecule has 6 nitrogen and oxygen atoms in total. The summed E-state index contributed by atoms with van der Waals surface area (Å²) in [6, 6.07) is 5.46. The van der Waals surface area contributed by atoms with E-state index in [4.69, 9.17) is 11.6 Å². The van der Waals surface area contributed by atoms with Crippen LogP contribution < -0.4 is 21.5 Å². The maximum Gasteiger partial charge on any atom is 0.293 e. The lowest BCUT2D eigenvalue weighted by Crippen LogP contribution is -2.36. The molecule has 2 aromatic rings. The Kier molecular flexibility index (Phi) is 8.03. The molecule has 0 saturated carbocycles. The van der Waals surface area contributed by atoms with E-state index in [1.54, 1.807) is 22.9 Å². The van der Waals surface area contributed by atoms with E-state index >= 15 is 0 Å². The highest BCUT2D eigenvalue weighted by Crippen LogP contribution is 2.17. The summed E-state index contributed by atoms with van der Waals surface area (Å²) in [6.45, 7) is 5.02. The number of anilines is 1. The minimum atomic E-state index is -0.405. The SMILES string of the molecule is Cc1cnc(NCCC2CCCCN2)c(=O)n1CCNCc1cccc(Cl)c1F. The number of nitrogens with one attached hydrogen (secondary N) is 3. The molecular weight excluding hydrogens is 393 g/mol. The lowest BCUT2D eigenvalue weighted by atomic mass is 10.0. The van der Waals surface area contributed by atoms with Gasteiger partial charge in [-0.1, -0.05) is 30.2 Å². The van der Waals surface area contributed by atoms with Crippen molar-refractivity contribution in [3.63, 3.8) is 0 Å². The Morgan fingerprint density at radius 2 is 2.21 bits per heavy atom. The molecule has 0 bridgehead atoms. The second-order valence-electron chi connectivity index (χ2n) is 7.46. The number of aryl methyl sites for hydroxylation is 1. The molecule has 8 heteroatoms. The fraction of sp³-hybridized carbons (Fsp3) is 0.524. The first kappa shape index (κ1) is 21.7. The molecule has 2 heterocycles. The van der Waals surface area contributed by atoms with Gasteiger partial charge in [0, 0.05) is 49.7 Å². The predicted octanol–water partition coefficient (Wildman–Crippen LogP) is 3.08. The van der Waals surface area contributed by atoms with Crippen molar-refractivity contribution < 1.29 is 4.39 Å². The molecule has 29 heavy (non-hydrogen) atoms. The van der Waals surface area contributed by atoms with Crippen molar-refractivity contribution in [3.8, 4) is 0 Å². The summed E-state index contributed by atoms with van der Waals surface area (Å²) in [6.07, 6.45) is 6.37. The van der Waals surface area contributed by atoms with E-state index in [0.717, 1.165) is 25.2 Å². The largest absolute Gasteiger partial charge is 0.365 e. The fourth-order valence-electron chi connectivity index (χ4n) is 3.60. The third kappa shape index (κ3) is 6.01. The summed E-state index contributed by atoms with van der Waals surface area (Å²) in [4.78, 5) is 17.0. The van der Waals surface area contributed by atoms with Crippen LogP contribution in [0.5, 0.6) is 0 Å². The summed E-state index contributed by atoms with van der Waals surface area (Å²) in [5.74, 6) is -0.0230. The number of nitrogens with zero attached hydrogens (tertiary/aromatic N) is 2. The average molecular weight is 422 g/mol. The number of aromatic nitrogens is 2. The lowest BCUT2D eigenvalue weighted by Gasteiger charge is -2.23. The zero-order valence-electron chi connectivity index (χ0n) is 16.8. The van der Waals surface area contributed by atoms with E-state index in [-0.39, 0.29) is 10.6 Å². The van der Waals surface area contributed by atoms with Crippen LogP contribution >= 0.6 is 11.6 Å². The summed E-state index contributed by atoms with van der Waals surface area (Å²) in [5.41, 5.74) is 1.18. The Hall–Kier alpha value is -1.96. The van der Waals surface area contributed by atoms with E-state index in [1.165, 1.54) is 25.3 Å². The lowest BCUT2D eigenvalue weighted by molar-refractivity contribution is 0.388. The molecule has 1 aliphatic heterocycles. The summed E-state index contributed by atoms with van der Waals surface area (Å²) < 4.78 is 15.6.